The first kappa shape index (κ1) is 40.1. The van der Waals surface area contributed by atoms with Gasteiger partial charge in [-0.1, -0.05) is 85.1 Å². The first-order chi connectivity index (χ1) is 20.3. The Bertz CT molecular complexity index is 1110. The molecule has 2 unspecified atom stereocenters. The standard InChI is InChI=1S/C14H31N.C12H14O2.C11H15NO2/c1-5-11-15(12-6-2)13-9-8-10-14(4)7-3;1-8-4-5-11(10(3)14)7-12(8)6-9(2)13;1-4-9(3)10-6-5-8(2)7-11(10)12(13)14/h14H,5-13H2,1-4H3;4-5,7H,6H2,1-3H3;5-7,9H,4H2,1-3H3. The summed E-state index contributed by atoms with van der Waals surface area (Å²) in [6.07, 6.45) is 9.49. The number of ketones is 2. The van der Waals surface area contributed by atoms with Crippen LogP contribution < -0.4 is 0 Å². The quantitative estimate of drug-likeness (QED) is 0.0833. The second-order valence-electron chi connectivity index (χ2n) is 12.1. The largest absolute Gasteiger partial charge is 0.303 e. The number of aryl methyl sites for hydroxylation is 2. The smallest absolute Gasteiger partial charge is 0.273 e. The first-order valence-electron chi connectivity index (χ1n) is 16.4. The number of hydrogen-bond donors (Lipinski definition) is 0. The molecular formula is C37H60N2O4. The summed E-state index contributed by atoms with van der Waals surface area (Å²) in [6, 6.07) is 10.9. The van der Waals surface area contributed by atoms with Gasteiger partial charge in [-0.05, 0) is 108 Å². The normalized spacial score (nSPS) is 12.0. The van der Waals surface area contributed by atoms with Crippen LogP contribution in [-0.2, 0) is 11.2 Å². The van der Waals surface area contributed by atoms with Gasteiger partial charge in [0.05, 0.1) is 4.92 Å². The minimum atomic E-state index is -0.297. The maximum atomic E-state index is 11.1. The summed E-state index contributed by atoms with van der Waals surface area (Å²) >= 11 is 0. The number of hydrogen-bond acceptors (Lipinski definition) is 5. The van der Waals surface area contributed by atoms with Gasteiger partial charge >= 0.3 is 0 Å². The Hall–Kier alpha value is -2.86. The number of benzene rings is 2. The van der Waals surface area contributed by atoms with Crippen molar-refractivity contribution in [2.75, 3.05) is 19.6 Å². The highest BCUT2D eigenvalue weighted by Gasteiger charge is 2.17. The molecule has 0 fully saturated rings. The number of nitrogens with zero attached hydrogens (tertiary/aromatic N) is 2. The molecule has 0 aliphatic rings. The third-order valence-electron chi connectivity index (χ3n) is 7.92. The number of nitro benzene ring substituents is 1. The van der Waals surface area contributed by atoms with Crippen LogP contribution in [0.25, 0.3) is 0 Å². The molecule has 0 heterocycles. The summed E-state index contributed by atoms with van der Waals surface area (Å²) in [5.41, 5.74) is 4.70. The van der Waals surface area contributed by atoms with E-state index in [9.17, 15) is 19.7 Å². The summed E-state index contributed by atoms with van der Waals surface area (Å²) in [4.78, 5) is 35.2. The molecule has 2 atom stereocenters. The van der Waals surface area contributed by atoms with Gasteiger partial charge in [-0.2, -0.15) is 0 Å². The van der Waals surface area contributed by atoms with E-state index in [1.807, 2.05) is 45.9 Å². The highest BCUT2D eigenvalue weighted by Crippen LogP contribution is 2.29. The molecular weight excluding hydrogens is 536 g/mol. The topological polar surface area (TPSA) is 80.5 Å². The molecule has 242 valence electrons. The van der Waals surface area contributed by atoms with Gasteiger partial charge in [0.15, 0.2) is 5.78 Å². The minimum absolute atomic E-state index is 0.0369. The highest BCUT2D eigenvalue weighted by atomic mass is 16.6. The van der Waals surface area contributed by atoms with Gasteiger partial charge in [0, 0.05) is 23.6 Å². The van der Waals surface area contributed by atoms with Crippen LogP contribution in [0.3, 0.4) is 0 Å². The van der Waals surface area contributed by atoms with Crippen LogP contribution in [0.2, 0.25) is 0 Å². The van der Waals surface area contributed by atoms with Gasteiger partial charge < -0.3 is 4.90 Å². The molecule has 0 aromatic heterocycles. The number of unbranched alkanes of at least 4 members (excludes halogenated alkanes) is 1. The fourth-order valence-electron chi connectivity index (χ4n) is 4.80. The molecule has 43 heavy (non-hydrogen) atoms. The van der Waals surface area contributed by atoms with Crippen LogP contribution in [0.15, 0.2) is 36.4 Å². The molecule has 0 saturated carbocycles. The van der Waals surface area contributed by atoms with Crippen molar-refractivity contribution in [2.45, 2.75) is 127 Å². The average molecular weight is 597 g/mol. The van der Waals surface area contributed by atoms with Crippen molar-refractivity contribution in [3.63, 3.8) is 0 Å². The molecule has 0 aliphatic carbocycles. The Labute approximate surface area is 262 Å². The summed E-state index contributed by atoms with van der Waals surface area (Å²) in [5.74, 6) is 1.33. The molecule has 0 N–H and O–H groups in total. The van der Waals surface area contributed by atoms with Crippen molar-refractivity contribution in [1.82, 2.24) is 4.90 Å². The van der Waals surface area contributed by atoms with E-state index in [0.717, 1.165) is 34.6 Å². The van der Waals surface area contributed by atoms with Gasteiger partial charge in [-0.15, -0.1) is 0 Å². The van der Waals surface area contributed by atoms with Gasteiger partial charge in [0.25, 0.3) is 5.69 Å². The van der Waals surface area contributed by atoms with E-state index in [1.54, 1.807) is 25.1 Å². The monoisotopic (exact) mass is 596 g/mol. The zero-order valence-electron chi connectivity index (χ0n) is 28.9. The fraction of sp³-hybridized carbons (Fsp3) is 0.622. The average Bonchev–Trinajstić information content (AvgIpc) is 2.96. The molecule has 2 rings (SSSR count). The number of nitro groups is 1. The van der Waals surface area contributed by atoms with Crippen LogP contribution in [0.5, 0.6) is 0 Å². The molecule has 0 saturated heterocycles. The highest BCUT2D eigenvalue weighted by molar-refractivity contribution is 5.94. The maximum Gasteiger partial charge on any atom is 0.273 e. The first-order valence-corrected chi connectivity index (χ1v) is 16.4. The van der Waals surface area contributed by atoms with Crippen LogP contribution in [0.1, 0.15) is 139 Å². The lowest BCUT2D eigenvalue weighted by atomic mass is 9.96. The van der Waals surface area contributed by atoms with E-state index in [4.69, 9.17) is 0 Å². The van der Waals surface area contributed by atoms with E-state index in [2.05, 4.69) is 32.6 Å². The van der Waals surface area contributed by atoms with Gasteiger partial charge in [0.1, 0.15) is 5.78 Å². The lowest BCUT2D eigenvalue weighted by molar-refractivity contribution is -0.385. The van der Waals surface area contributed by atoms with E-state index >= 15 is 0 Å². The van der Waals surface area contributed by atoms with Gasteiger partial charge in [-0.3, -0.25) is 19.7 Å². The maximum absolute atomic E-state index is 11.1. The van der Waals surface area contributed by atoms with Gasteiger partial charge in [0.2, 0.25) is 0 Å². The van der Waals surface area contributed by atoms with E-state index in [0.29, 0.717) is 12.0 Å². The molecule has 6 heteroatoms. The SMILES string of the molecule is CC(=O)Cc1cc(C(C)=O)ccc1C.CCC(C)c1ccc(C)cc1[N+](=O)[O-].CCCN(CCC)CCCCC(C)CC. The van der Waals surface area contributed by atoms with E-state index in [1.165, 1.54) is 65.1 Å². The second-order valence-corrected chi connectivity index (χ2v) is 12.1. The van der Waals surface area contributed by atoms with E-state index < -0.39 is 0 Å². The predicted octanol–water partition coefficient (Wildman–Crippen LogP) is 10.1. The second kappa shape index (κ2) is 22.6. The summed E-state index contributed by atoms with van der Waals surface area (Å²) in [5, 5.41) is 10.8. The number of Topliss-reactive ketones (excluding diaryl/α,β-unsaturated/α-hetero) is 2. The summed E-state index contributed by atoms with van der Waals surface area (Å²) in [6.45, 7) is 24.1. The molecule has 0 radical (unpaired) electrons. The Morgan fingerprint density at radius 3 is 1.98 bits per heavy atom. The van der Waals surface area contributed by atoms with Crippen molar-refractivity contribution in [1.29, 1.82) is 0 Å². The van der Waals surface area contributed by atoms with Crippen molar-refractivity contribution < 1.29 is 14.5 Å². The third-order valence-corrected chi connectivity index (χ3v) is 7.92. The van der Waals surface area contributed by atoms with E-state index in [-0.39, 0.29) is 28.1 Å². The molecule has 6 nitrogen and oxygen atoms in total. The van der Waals surface area contributed by atoms with Crippen molar-refractivity contribution in [3.8, 4) is 0 Å². The lowest BCUT2D eigenvalue weighted by Crippen LogP contribution is -2.26. The van der Waals surface area contributed by atoms with Crippen LogP contribution in [-0.4, -0.2) is 41.0 Å². The Kier molecular flexibility index (Phi) is 21.1. The number of carbonyl (C=O) groups excluding carboxylic acids is 2. The molecule has 2 aromatic rings. The zero-order chi connectivity index (χ0) is 32.9. The van der Waals surface area contributed by atoms with Gasteiger partial charge in [-0.25, -0.2) is 0 Å². The summed E-state index contributed by atoms with van der Waals surface area (Å²) in [7, 11) is 0. The minimum Gasteiger partial charge on any atom is -0.303 e. The number of rotatable bonds is 16. The number of carbonyl (C=O) groups is 2. The van der Waals surface area contributed by atoms with Crippen LogP contribution in [0.4, 0.5) is 5.69 Å². The Balaban J connectivity index is 0.000000616. The third kappa shape index (κ3) is 17.1. The molecule has 0 bridgehead atoms. The van der Waals surface area contributed by atoms with Crippen LogP contribution >= 0.6 is 0 Å². The fourth-order valence-corrected chi connectivity index (χ4v) is 4.80. The van der Waals surface area contributed by atoms with Crippen molar-refractivity contribution >= 4 is 17.3 Å². The zero-order valence-corrected chi connectivity index (χ0v) is 28.9. The van der Waals surface area contributed by atoms with Crippen molar-refractivity contribution in [3.05, 3.63) is 74.3 Å². The molecule has 0 amide bonds. The molecule has 2 aromatic carbocycles. The molecule has 0 spiro atoms. The predicted molar refractivity (Wildman–Crippen MR) is 182 cm³/mol. The van der Waals surface area contributed by atoms with Crippen LogP contribution in [0, 0.1) is 29.9 Å². The Morgan fingerprint density at radius 2 is 1.49 bits per heavy atom. The summed E-state index contributed by atoms with van der Waals surface area (Å²) < 4.78 is 0. The Morgan fingerprint density at radius 1 is 0.860 bits per heavy atom. The lowest BCUT2D eigenvalue weighted by Gasteiger charge is -2.21. The molecule has 0 aliphatic heterocycles. The van der Waals surface area contributed by atoms with Crippen molar-refractivity contribution in [2.24, 2.45) is 5.92 Å².